The second kappa shape index (κ2) is 8.76. The molecule has 0 aliphatic rings. The Labute approximate surface area is 140 Å². The Morgan fingerprint density at radius 2 is 2.05 bits per heavy atom. The Bertz CT molecular complexity index is 591. The van der Waals surface area contributed by atoms with Crippen LogP contribution in [0.2, 0.25) is 0 Å². The number of ether oxygens (including phenoxy) is 2. The third-order valence-electron chi connectivity index (χ3n) is 3.14. The number of nitrogens with one attached hydrogen (secondary N) is 1. The summed E-state index contributed by atoms with van der Waals surface area (Å²) in [6.07, 6.45) is 2.77. The summed E-state index contributed by atoms with van der Waals surface area (Å²) in [7, 11) is 1.66. The molecule has 4 nitrogen and oxygen atoms in total. The summed E-state index contributed by atoms with van der Waals surface area (Å²) in [6.45, 7) is 4.21. The van der Waals surface area contributed by atoms with Gasteiger partial charge in [0, 0.05) is 23.8 Å². The standard InChI is InChI=1S/C17H21BrN2O2/c1-3-8-22-17-10-15(18)13(9-16(17)21-2)11-19-12-14-6-4-5-7-20-14/h4-7,9-10,19H,3,8,11-12H2,1-2H3. The molecule has 1 aromatic carbocycles. The van der Waals surface area contributed by atoms with Crippen LogP contribution < -0.4 is 14.8 Å². The van der Waals surface area contributed by atoms with Crippen LogP contribution in [0.25, 0.3) is 0 Å². The molecule has 0 aliphatic heterocycles. The van der Waals surface area contributed by atoms with Crippen molar-refractivity contribution >= 4 is 15.9 Å². The average molecular weight is 365 g/mol. The largest absolute Gasteiger partial charge is 0.493 e. The van der Waals surface area contributed by atoms with E-state index in [1.807, 2.05) is 30.3 Å². The third-order valence-corrected chi connectivity index (χ3v) is 3.88. The highest BCUT2D eigenvalue weighted by Crippen LogP contribution is 2.33. The Morgan fingerprint density at radius 3 is 2.73 bits per heavy atom. The van der Waals surface area contributed by atoms with Gasteiger partial charge in [-0.05, 0) is 36.2 Å². The number of nitrogens with zero attached hydrogens (tertiary/aromatic N) is 1. The third kappa shape index (κ3) is 4.71. The molecule has 0 radical (unpaired) electrons. The number of aromatic nitrogens is 1. The van der Waals surface area contributed by atoms with Gasteiger partial charge < -0.3 is 14.8 Å². The van der Waals surface area contributed by atoms with Gasteiger partial charge in [0.2, 0.25) is 0 Å². The van der Waals surface area contributed by atoms with Crippen molar-refractivity contribution in [2.45, 2.75) is 26.4 Å². The number of hydrogen-bond acceptors (Lipinski definition) is 4. The highest BCUT2D eigenvalue weighted by atomic mass is 79.9. The fourth-order valence-corrected chi connectivity index (χ4v) is 2.49. The van der Waals surface area contributed by atoms with Gasteiger partial charge in [0.15, 0.2) is 11.5 Å². The van der Waals surface area contributed by atoms with Gasteiger partial charge in [0.05, 0.1) is 19.4 Å². The maximum absolute atomic E-state index is 5.70. The molecular weight excluding hydrogens is 344 g/mol. The maximum Gasteiger partial charge on any atom is 0.162 e. The molecule has 0 unspecified atom stereocenters. The normalized spacial score (nSPS) is 10.5. The Balaban J connectivity index is 2.01. The van der Waals surface area contributed by atoms with Crippen molar-refractivity contribution in [2.24, 2.45) is 0 Å². The van der Waals surface area contributed by atoms with E-state index in [1.54, 1.807) is 13.3 Å². The van der Waals surface area contributed by atoms with Gasteiger partial charge in [0.25, 0.3) is 0 Å². The molecule has 0 atom stereocenters. The Hall–Kier alpha value is -1.59. The van der Waals surface area contributed by atoms with Crippen molar-refractivity contribution in [1.29, 1.82) is 0 Å². The molecule has 0 bridgehead atoms. The SMILES string of the molecule is CCCOc1cc(Br)c(CNCc2ccccn2)cc1OC. The lowest BCUT2D eigenvalue weighted by molar-refractivity contribution is 0.294. The van der Waals surface area contributed by atoms with Gasteiger partial charge in [-0.2, -0.15) is 0 Å². The van der Waals surface area contributed by atoms with E-state index in [9.17, 15) is 0 Å². The fraction of sp³-hybridized carbons (Fsp3) is 0.353. The second-order valence-electron chi connectivity index (χ2n) is 4.87. The van der Waals surface area contributed by atoms with E-state index in [0.717, 1.165) is 46.7 Å². The first-order valence-corrected chi connectivity index (χ1v) is 8.13. The summed E-state index contributed by atoms with van der Waals surface area (Å²) in [5.74, 6) is 1.52. The molecule has 0 spiro atoms. The first kappa shape index (κ1) is 16.8. The van der Waals surface area contributed by atoms with E-state index in [-0.39, 0.29) is 0 Å². The van der Waals surface area contributed by atoms with Gasteiger partial charge in [-0.1, -0.05) is 28.9 Å². The molecule has 0 saturated carbocycles. The van der Waals surface area contributed by atoms with Crippen LogP contribution in [0.1, 0.15) is 24.6 Å². The molecule has 1 heterocycles. The molecule has 1 N–H and O–H groups in total. The van der Waals surface area contributed by atoms with Gasteiger partial charge in [-0.15, -0.1) is 0 Å². The van der Waals surface area contributed by atoms with E-state index < -0.39 is 0 Å². The predicted octanol–water partition coefficient (Wildman–Crippen LogP) is 3.93. The van der Waals surface area contributed by atoms with Crippen LogP contribution in [0.4, 0.5) is 0 Å². The summed E-state index contributed by atoms with van der Waals surface area (Å²) < 4.78 is 12.1. The van der Waals surface area contributed by atoms with Gasteiger partial charge in [-0.3, -0.25) is 4.98 Å². The van der Waals surface area contributed by atoms with Gasteiger partial charge >= 0.3 is 0 Å². The van der Waals surface area contributed by atoms with Gasteiger partial charge in [-0.25, -0.2) is 0 Å². The van der Waals surface area contributed by atoms with Crippen molar-refractivity contribution in [3.63, 3.8) is 0 Å². The molecule has 5 heteroatoms. The van der Waals surface area contributed by atoms with Crippen LogP contribution in [-0.2, 0) is 13.1 Å². The van der Waals surface area contributed by atoms with Crippen LogP contribution in [0.5, 0.6) is 11.5 Å². The lowest BCUT2D eigenvalue weighted by Gasteiger charge is -2.14. The predicted molar refractivity (Wildman–Crippen MR) is 91.3 cm³/mol. The lowest BCUT2D eigenvalue weighted by atomic mass is 10.2. The smallest absolute Gasteiger partial charge is 0.162 e. The molecule has 0 fully saturated rings. The topological polar surface area (TPSA) is 43.4 Å². The number of halogens is 1. The number of hydrogen-bond donors (Lipinski definition) is 1. The van der Waals surface area contributed by atoms with E-state index in [4.69, 9.17) is 9.47 Å². The Morgan fingerprint density at radius 1 is 1.18 bits per heavy atom. The minimum atomic E-state index is 0.681. The highest BCUT2D eigenvalue weighted by molar-refractivity contribution is 9.10. The van der Waals surface area contributed by atoms with Crippen molar-refractivity contribution < 1.29 is 9.47 Å². The fourth-order valence-electron chi connectivity index (χ4n) is 2.02. The quantitative estimate of drug-likeness (QED) is 0.770. The molecule has 0 aliphatic carbocycles. The number of pyridine rings is 1. The number of benzene rings is 1. The van der Waals surface area contributed by atoms with E-state index >= 15 is 0 Å². The molecule has 2 aromatic rings. The lowest BCUT2D eigenvalue weighted by Crippen LogP contribution is -2.14. The van der Waals surface area contributed by atoms with E-state index in [0.29, 0.717) is 6.61 Å². The summed E-state index contributed by atoms with van der Waals surface area (Å²) in [5, 5.41) is 3.38. The minimum Gasteiger partial charge on any atom is -0.493 e. The average Bonchev–Trinajstić information content (AvgIpc) is 2.55. The summed E-state index contributed by atoms with van der Waals surface area (Å²) in [5.41, 5.74) is 2.14. The van der Waals surface area contributed by atoms with Crippen LogP contribution in [0, 0.1) is 0 Å². The summed E-state index contributed by atoms with van der Waals surface area (Å²) in [4.78, 5) is 4.30. The minimum absolute atomic E-state index is 0.681. The van der Waals surface area contributed by atoms with E-state index in [1.165, 1.54) is 0 Å². The molecule has 2 rings (SSSR count). The second-order valence-corrected chi connectivity index (χ2v) is 5.72. The van der Waals surface area contributed by atoms with Crippen molar-refractivity contribution in [1.82, 2.24) is 10.3 Å². The zero-order chi connectivity index (χ0) is 15.8. The molecule has 1 aromatic heterocycles. The maximum atomic E-state index is 5.70. The molecule has 118 valence electrons. The molecule has 0 amide bonds. The molecular formula is C17H21BrN2O2. The van der Waals surface area contributed by atoms with Crippen molar-refractivity contribution in [2.75, 3.05) is 13.7 Å². The van der Waals surface area contributed by atoms with E-state index in [2.05, 4.69) is 33.2 Å². The zero-order valence-electron chi connectivity index (χ0n) is 12.9. The highest BCUT2D eigenvalue weighted by Gasteiger charge is 2.10. The monoisotopic (exact) mass is 364 g/mol. The van der Waals surface area contributed by atoms with Crippen molar-refractivity contribution in [3.05, 3.63) is 52.3 Å². The van der Waals surface area contributed by atoms with Gasteiger partial charge in [0.1, 0.15) is 0 Å². The summed E-state index contributed by atoms with van der Waals surface area (Å²) in [6, 6.07) is 9.87. The van der Waals surface area contributed by atoms with Crippen LogP contribution in [0.3, 0.4) is 0 Å². The van der Waals surface area contributed by atoms with Crippen LogP contribution in [0.15, 0.2) is 41.0 Å². The van der Waals surface area contributed by atoms with Crippen LogP contribution in [-0.4, -0.2) is 18.7 Å². The number of rotatable bonds is 8. The molecule has 22 heavy (non-hydrogen) atoms. The first-order chi connectivity index (χ1) is 10.7. The zero-order valence-corrected chi connectivity index (χ0v) is 14.5. The summed E-state index contributed by atoms with van der Waals surface area (Å²) >= 11 is 3.60. The molecule has 0 saturated heterocycles. The van der Waals surface area contributed by atoms with Crippen molar-refractivity contribution in [3.8, 4) is 11.5 Å². The first-order valence-electron chi connectivity index (χ1n) is 7.34. The number of methoxy groups -OCH3 is 1. The van der Waals surface area contributed by atoms with Crippen LogP contribution >= 0.6 is 15.9 Å². The Kier molecular flexibility index (Phi) is 6.68.